The van der Waals surface area contributed by atoms with Crippen molar-refractivity contribution in [3.63, 3.8) is 0 Å². The highest BCUT2D eigenvalue weighted by Crippen LogP contribution is 2.20. The van der Waals surface area contributed by atoms with E-state index in [9.17, 15) is 4.79 Å². The minimum atomic E-state index is 0.0652. The van der Waals surface area contributed by atoms with Crippen LogP contribution in [-0.2, 0) is 9.53 Å². The molecule has 1 amide bonds. The zero-order valence-electron chi connectivity index (χ0n) is 10.6. The van der Waals surface area contributed by atoms with Gasteiger partial charge in [-0.2, -0.15) is 0 Å². The summed E-state index contributed by atoms with van der Waals surface area (Å²) in [6, 6.07) is 0.538. The standard InChI is InChI=1S/C12H24N2O2/c1-9(2)14-12(15)8-13-10-6-4-5-7-11(10)16-3/h9-11,13H,4-8H2,1-3H3,(H,14,15)/t10-,11+/m0/s1. The van der Waals surface area contributed by atoms with Crippen LogP contribution in [0.1, 0.15) is 39.5 Å². The lowest BCUT2D eigenvalue weighted by molar-refractivity contribution is -0.121. The Bertz CT molecular complexity index is 219. The molecule has 0 bridgehead atoms. The van der Waals surface area contributed by atoms with Crippen LogP contribution in [0.5, 0.6) is 0 Å². The van der Waals surface area contributed by atoms with Gasteiger partial charge in [0.1, 0.15) is 0 Å². The molecule has 0 heterocycles. The van der Waals surface area contributed by atoms with E-state index in [-0.39, 0.29) is 18.1 Å². The maximum absolute atomic E-state index is 11.5. The number of ether oxygens (including phenoxy) is 1. The van der Waals surface area contributed by atoms with E-state index in [0.717, 1.165) is 12.8 Å². The Hall–Kier alpha value is -0.610. The Balaban J connectivity index is 2.27. The molecule has 4 heteroatoms. The zero-order chi connectivity index (χ0) is 12.0. The molecule has 0 aromatic heterocycles. The molecule has 0 aromatic carbocycles. The molecule has 1 fully saturated rings. The average molecular weight is 228 g/mol. The lowest BCUT2D eigenvalue weighted by Crippen LogP contribution is -2.47. The van der Waals surface area contributed by atoms with Gasteiger partial charge >= 0.3 is 0 Å². The molecule has 4 nitrogen and oxygen atoms in total. The van der Waals surface area contributed by atoms with Gasteiger partial charge in [0.25, 0.3) is 0 Å². The third-order valence-electron chi connectivity index (χ3n) is 2.98. The molecule has 0 unspecified atom stereocenters. The quantitative estimate of drug-likeness (QED) is 0.739. The second-order valence-corrected chi connectivity index (χ2v) is 4.77. The van der Waals surface area contributed by atoms with Crippen LogP contribution in [0.2, 0.25) is 0 Å². The third kappa shape index (κ3) is 4.49. The molecule has 0 saturated heterocycles. The molecule has 1 aliphatic carbocycles. The van der Waals surface area contributed by atoms with E-state index >= 15 is 0 Å². The fraction of sp³-hybridized carbons (Fsp3) is 0.917. The summed E-state index contributed by atoms with van der Waals surface area (Å²) in [5, 5.41) is 6.16. The van der Waals surface area contributed by atoms with Gasteiger partial charge in [-0.25, -0.2) is 0 Å². The van der Waals surface area contributed by atoms with Gasteiger partial charge in [-0.15, -0.1) is 0 Å². The molecule has 94 valence electrons. The third-order valence-corrected chi connectivity index (χ3v) is 2.98. The molecule has 2 N–H and O–H groups in total. The van der Waals surface area contributed by atoms with Crippen molar-refractivity contribution in [1.82, 2.24) is 10.6 Å². The molecule has 0 spiro atoms. The van der Waals surface area contributed by atoms with E-state index < -0.39 is 0 Å². The summed E-state index contributed by atoms with van der Waals surface area (Å²) in [6.07, 6.45) is 4.92. The van der Waals surface area contributed by atoms with E-state index in [4.69, 9.17) is 4.74 Å². The summed E-state index contributed by atoms with van der Waals surface area (Å²) in [4.78, 5) is 11.5. The first kappa shape index (κ1) is 13.5. The van der Waals surface area contributed by atoms with Crippen molar-refractivity contribution >= 4 is 5.91 Å². The van der Waals surface area contributed by atoms with E-state index in [1.165, 1.54) is 12.8 Å². The first-order valence-corrected chi connectivity index (χ1v) is 6.19. The van der Waals surface area contributed by atoms with Crippen LogP contribution >= 0.6 is 0 Å². The Morgan fingerprint density at radius 3 is 2.69 bits per heavy atom. The van der Waals surface area contributed by atoms with Gasteiger partial charge in [-0.3, -0.25) is 4.79 Å². The second kappa shape index (κ2) is 6.86. The molecule has 2 atom stereocenters. The van der Waals surface area contributed by atoms with Crippen molar-refractivity contribution in [3.05, 3.63) is 0 Å². The fourth-order valence-corrected chi connectivity index (χ4v) is 2.21. The van der Waals surface area contributed by atoms with E-state index in [1.54, 1.807) is 7.11 Å². The molecule has 1 rings (SSSR count). The molecule has 16 heavy (non-hydrogen) atoms. The van der Waals surface area contributed by atoms with E-state index in [1.807, 2.05) is 13.8 Å². The number of nitrogens with one attached hydrogen (secondary N) is 2. The van der Waals surface area contributed by atoms with E-state index in [0.29, 0.717) is 12.6 Å². The minimum Gasteiger partial charge on any atom is -0.380 e. The molecule has 0 aromatic rings. The molecule has 1 saturated carbocycles. The Morgan fingerprint density at radius 2 is 2.06 bits per heavy atom. The van der Waals surface area contributed by atoms with Gasteiger partial charge in [0, 0.05) is 19.2 Å². The maximum atomic E-state index is 11.5. The number of carbonyl (C=O) groups is 1. The summed E-state index contributed by atoms with van der Waals surface area (Å²) in [5.41, 5.74) is 0. The van der Waals surface area contributed by atoms with Crippen molar-refractivity contribution in [2.24, 2.45) is 0 Å². The Kier molecular flexibility index (Phi) is 5.77. The predicted molar refractivity (Wildman–Crippen MR) is 64.3 cm³/mol. The van der Waals surface area contributed by atoms with Crippen molar-refractivity contribution in [3.8, 4) is 0 Å². The van der Waals surface area contributed by atoms with Gasteiger partial charge in [0.15, 0.2) is 0 Å². The summed E-state index contributed by atoms with van der Waals surface area (Å²) < 4.78 is 5.42. The van der Waals surface area contributed by atoms with Crippen LogP contribution < -0.4 is 10.6 Å². The number of carbonyl (C=O) groups excluding carboxylic acids is 1. The van der Waals surface area contributed by atoms with Gasteiger partial charge in [-0.1, -0.05) is 12.8 Å². The van der Waals surface area contributed by atoms with Crippen molar-refractivity contribution < 1.29 is 9.53 Å². The van der Waals surface area contributed by atoms with Crippen molar-refractivity contribution in [2.75, 3.05) is 13.7 Å². The number of hydrogen-bond acceptors (Lipinski definition) is 3. The number of amides is 1. The lowest BCUT2D eigenvalue weighted by atomic mass is 9.92. The molecule has 0 aliphatic heterocycles. The van der Waals surface area contributed by atoms with Crippen LogP contribution in [0.15, 0.2) is 0 Å². The summed E-state index contributed by atoms with van der Waals surface area (Å²) in [6.45, 7) is 4.33. The SMILES string of the molecule is CO[C@@H]1CCCC[C@@H]1NCC(=O)NC(C)C. The van der Waals surface area contributed by atoms with Crippen molar-refractivity contribution in [2.45, 2.75) is 57.7 Å². The van der Waals surface area contributed by atoms with Gasteiger partial charge < -0.3 is 15.4 Å². The monoisotopic (exact) mass is 228 g/mol. The van der Waals surface area contributed by atoms with Crippen LogP contribution in [0.25, 0.3) is 0 Å². The molecule has 1 aliphatic rings. The molecular weight excluding hydrogens is 204 g/mol. The predicted octanol–water partition coefficient (Wildman–Crippen LogP) is 1.06. The number of methoxy groups -OCH3 is 1. The zero-order valence-corrected chi connectivity index (χ0v) is 10.6. The second-order valence-electron chi connectivity index (χ2n) is 4.77. The number of rotatable bonds is 5. The molecular formula is C12H24N2O2. The smallest absolute Gasteiger partial charge is 0.234 e. The topological polar surface area (TPSA) is 50.4 Å². The van der Waals surface area contributed by atoms with Gasteiger partial charge in [-0.05, 0) is 26.7 Å². The van der Waals surface area contributed by atoms with Gasteiger partial charge in [0.05, 0.1) is 12.6 Å². The fourth-order valence-electron chi connectivity index (χ4n) is 2.21. The van der Waals surface area contributed by atoms with Crippen LogP contribution in [0.4, 0.5) is 0 Å². The normalized spacial score (nSPS) is 25.8. The van der Waals surface area contributed by atoms with E-state index in [2.05, 4.69) is 10.6 Å². The van der Waals surface area contributed by atoms with Crippen LogP contribution in [0, 0.1) is 0 Å². The average Bonchev–Trinajstić information content (AvgIpc) is 2.26. The summed E-state index contributed by atoms with van der Waals surface area (Å²) in [7, 11) is 1.75. The van der Waals surface area contributed by atoms with Crippen LogP contribution in [0.3, 0.4) is 0 Å². The Labute approximate surface area is 98.1 Å². The molecule has 0 radical (unpaired) electrons. The first-order chi connectivity index (χ1) is 7.63. The highest BCUT2D eigenvalue weighted by atomic mass is 16.5. The largest absolute Gasteiger partial charge is 0.380 e. The Morgan fingerprint density at radius 1 is 1.38 bits per heavy atom. The maximum Gasteiger partial charge on any atom is 0.234 e. The summed E-state index contributed by atoms with van der Waals surface area (Å²) >= 11 is 0. The number of hydrogen-bond donors (Lipinski definition) is 2. The minimum absolute atomic E-state index is 0.0652. The van der Waals surface area contributed by atoms with Crippen LogP contribution in [-0.4, -0.2) is 37.7 Å². The summed E-state index contributed by atoms with van der Waals surface area (Å²) in [5.74, 6) is 0.0652. The first-order valence-electron chi connectivity index (χ1n) is 6.19. The van der Waals surface area contributed by atoms with Crippen molar-refractivity contribution in [1.29, 1.82) is 0 Å². The van der Waals surface area contributed by atoms with Gasteiger partial charge in [0.2, 0.25) is 5.91 Å². The highest BCUT2D eigenvalue weighted by Gasteiger charge is 2.24. The lowest BCUT2D eigenvalue weighted by Gasteiger charge is -2.31. The highest BCUT2D eigenvalue weighted by molar-refractivity contribution is 5.78.